The average Bonchev–Trinajstić information content (AvgIpc) is 2.09. The average molecular weight is 169 g/mol. The van der Waals surface area contributed by atoms with Gasteiger partial charge >= 0.3 is 0 Å². The highest BCUT2D eigenvalue weighted by atomic mass is 19.1. The van der Waals surface area contributed by atoms with Crippen LogP contribution in [0.3, 0.4) is 0 Å². The highest BCUT2D eigenvalue weighted by molar-refractivity contribution is 5.15. The molecule has 1 aromatic carbocycles. The van der Waals surface area contributed by atoms with E-state index in [1.165, 1.54) is 12.1 Å². The van der Waals surface area contributed by atoms with Crippen LogP contribution < -0.4 is 5.48 Å². The third kappa shape index (κ3) is 2.98. The Kier molecular flexibility index (Phi) is 3.70. The molecule has 0 aliphatic rings. The molecule has 2 nitrogen and oxygen atoms in total. The van der Waals surface area contributed by atoms with Crippen molar-refractivity contribution in [2.75, 3.05) is 6.54 Å². The molecule has 0 fully saturated rings. The molecule has 0 bridgehead atoms. The van der Waals surface area contributed by atoms with E-state index in [-0.39, 0.29) is 5.82 Å². The molecule has 0 heterocycles. The van der Waals surface area contributed by atoms with E-state index in [9.17, 15) is 4.39 Å². The molecule has 0 saturated carbocycles. The Hall–Kier alpha value is -0.930. The number of hydroxylamine groups is 1. The lowest BCUT2D eigenvalue weighted by Crippen LogP contribution is -2.09. The van der Waals surface area contributed by atoms with Gasteiger partial charge in [0.25, 0.3) is 0 Å². The predicted octanol–water partition coefficient (Wildman–Crippen LogP) is 1.74. The maximum absolute atomic E-state index is 12.4. The molecule has 1 aromatic rings. The Morgan fingerprint density at radius 2 is 1.92 bits per heavy atom. The molecule has 3 heteroatoms. The fraction of sp³-hybridized carbons (Fsp3) is 0.333. The normalized spacial score (nSPS) is 10.2. The van der Waals surface area contributed by atoms with E-state index in [1.807, 2.05) is 0 Å². The van der Waals surface area contributed by atoms with Gasteiger partial charge < -0.3 is 5.21 Å². The number of nitrogens with one attached hydrogen (secondary N) is 1. The third-order valence-corrected chi connectivity index (χ3v) is 1.67. The highest BCUT2D eigenvalue weighted by Gasteiger charge is 1.93. The molecular formula is C9H12FNO. The minimum absolute atomic E-state index is 0.209. The Labute approximate surface area is 71.0 Å². The summed E-state index contributed by atoms with van der Waals surface area (Å²) in [6.45, 7) is 0.567. The first-order chi connectivity index (χ1) is 5.83. The number of rotatable bonds is 4. The van der Waals surface area contributed by atoms with Gasteiger partial charge in [-0.1, -0.05) is 12.1 Å². The van der Waals surface area contributed by atoms with Gasteiger partial charge in [0.05, 0.1) is 0 Å². The molecule has 0 spiro atoms. The lowest BCUT2D eigenvalue weighted by atomic mass is 10.1. The molecule has 66 valence electrons. The highest BCUT2D eigenvalue weighted by Crippen LogP contribution is 2.04. The summed E-state index contributed by atoms with van der Waals surface area (Å²) in [6, 6.07) is 6.41. The second kappa shape index (κ2) is 4.85. The zero-order chi connectivity index (χ0) is 8.81. The molecular weight excluding hydrogens is 157 g/mol. The number of benzene rings is 1. The van der Waals surface area contributed by atoms with Crippen molar-refractivity contribution in [3.05, 3.63) is 35.6 Å². The largest absolute Gasteiger partial charge is 0.317 e. The minimum Gasteiger partial charge on any atom is -0.317 e. The van der Waals surface area contributed by atoms with E-state index in [0.717, 1.165) is 18.4 Å². The second-order valence-corrected chi connectivity index (χ2v) is 2.64. The minimum atomic E-state index is -0.209. The van der Waals surface area contributed by atoms with E-state index in [1.54, 1.807) is 12.1 Å². The van der Waals surface area contributed by atoms with Crippen LogP contribution in [0.2, 0.25) is 0 Å². The molecule has 0 amide bonds. The fourth-order valence-corrected chi connectivity index (χ4v) is 1.02. The standard InChI is InChI=1S/C9H12FNO/c10-9-5-3-8(4-6-9)2-1-7-11-12/h3-6,11-12H,1-2,7H2. The molecule has 0 saturated heterocycles. The zero-order valence-electron chi connectivity index (χ0n) is 6.76. The first kappa shape index (κ1) is 9.16. The van der Waals surface area contributed by atoms with Crippen LogP contribution in [0, 0.1) is 5.82 Å². The van der Waals surface area contributed by atoms with Gasteiger partial charge in [0.1, 0.15) is 5.82 Å². The van der Waals surface area contributed by atoms with E-state index in [4.69, 9.17) is 5.21 Å². The van der Waals surface area contributed by atoms with E-state index >= 15 is 0 Å². The van der Waals surface area contributed by atoms with Crippen LogP contribution in [-0.4, -0.2) is 11.8 Å². The van der Waals surface area contributed by atoms with Crippen molar-refractivity contribution in [3.8, 4) is 0 Å². The van der Waals surface area contributed by atoms with E-state index in [0.29, 0.717) is 6.54 Å². The van der Waals surface area contributed by atoms with Crippen LogP contribution in [0.4, 0.5) is 4.39 Å². The number of halogens is 1. The Balaban J connectivity index is 2.37. The van der Waals surface area contributed by atoms with Crippen LogP contribution in [0.15, 0.2) is 24.3 Å². The predicted molar refractivity (Wildman–Crippen MR) is 44.5 cm³/mol. The summed E-state index contributed by atoms with van der Waals surface area (Å²) < 4.78 is 12.4. The van der Waals surface area contributed by atoms with Crippen LogP contribution in [-0.2, 0) is 6.42 Å². The summed E-state index contributed by atoms with van der Waals surface area (Å²) >= 11 is 0. The lowest BCUT2D eigenvalue weighted by Gasteiger charge is -1.99. The van der Waals surface area contributed by atoms with Crippen molar-refractivity contribution in [1.29, 1.82) is 0 Å². The first-order valence-electron chi connectivity index (χ1n) is 3.94. The fourth-order valence-electron chi connectivity index (χ4n) is 1.02. The van der Waals surface area contributed by atoms with Crippen molar-refractivity contribution in [2.45, 2.75) is 12.8 Å². The maximum Gasteiger partial charge on any atom is 0.123 e. The molecule has 0 atom stereocenters. The Morgan fingerprint density at radius 1 is 1.25 bits per heavy atom. The topological polar surface area (TPSA) is 32.3 Å². The molecule has 0 unspecified atom stereocenters. The van der Waals surface area contributed by atoms with Gasteiger partial charge in [-0.25, -0.2) is 9.87 Å². The second-order valence-electron chi connectivity index (χ2n) is 2.64. The quantitative estimate of drug-likeness (QED) is 0.531. The van der Waals surface area contributed by atoms with Crippen molar-refractivity contribution in [3.63, 3.8) is 0 Å². The van der Waals surface area contributed by atoms with Crippen molar-refractivity contribution in [1.82, 2.24) is 5.48 Å². The third-order valence-electron chi connectivity index (χ3n) is 1.67. The number of aryl methyl sites for hydroxylation is 1. The van der Waals surface area contributed by atoms with E-state index in [2.05, 4.69) is 5.48 Å². The monoisotopic (exact) mass is 169 g/mol. The summed E-state index contributed by atoms with van der Waals surface area (Å²) in [7, 11) is 0. The summed E-state index contributed by atoms with van der Waals surface area (Å²) in [4.78, 5) is 0. The van der Waals surface area contributed by atoms with Gasteiger partial charge in [-0.15, -0.1) is 0 Å². The molecule has 0 aliphatic heterocycles. The van der Waals surface area contributed by atoms with Gasteiger partial charge in [0.2, 0.25) is 0 Å². The summed E-state index contributed by atoms with van der Waals surface area (Å²) in [6.07, 6.45) is 1.70. The van der Waals surface area contributed by atoms with Crippen LogP contribution >= 0.6 is 0 Å². The Bertz CT molecular complexity index is 222. The van der Waals surface area contributed by atoms with Crippen LogP contribution in [0.5, 0.6) is 0 Å². The lowest BCUT2D eigenvalue weighted by molar-refractivity contribution is 0.166. The molecule has 12 heavy (non-hydrogen) atoms. The van der Waals surface area contributed by atoms with Gasteiger partial charge in [-0.2, -0.15) is 0 Å². The van der Waals surface area contributed by atoms with Crippen LogP contribution in [0.25, 0.3) is 0 Å². The van der Waals surface area contributed by atoms with Gasteiger partial charge in [-0.05, 0) is 30.5 Å². The molecule has 1 rings (SSSR count). The van der Waals surface area contributed by atoms with Crippen molar-refractivity contribution in [2.24, 2.45) is 0 Å². The molecule has 0 aromatic heterocycles. The van der Waals surface area contributed by atoms with Crippen molar-refractivity contribution < 1.29 is 9.60 Å². The molecule has 2 N–H and O–H groups in total. The zero-order valence-corrected chi connectivity index (χ0v) is 6.76. The van der Waals surface area contributed by atoms with Crippen molar-refractivity contribution >= 4 is 0 Å². The first-order valence-corrected chi connectivity index (χ1v) is 3.94. The molecule has 0 radical (unpaired) electrons. The van der Waals surface area contributed by atoms with Crippen LogP contribution in [0.1, 0.15) is 12.0 Å². The van der Waals surface area contributed by atoms with Gasteiger partial charge in [0, 0.05) is 6.54 Å². The smallest absolute Gasteiger partial charge is 0.123 e. The number of hydrogen-bond acceptors (Lipinski definition) is 2. The molecule has 0 aliphatic carbocycles. The van der Waals surface area contributed by atoms with E-state index < -0.39 is 0 Å². The Morgan fingerprint density at radius 3 is 2.50 bits per heavy atom. The maximum atomic E-state index is 12.4. The number of hydrogen-bond donors (Lipinski definition) is 2. The van der Waals surface area contributed by atoms with Gasteiger partial charge in [-0.3, -0.25) is 0 Å². The van der Waals surface area contributed by atoms with Gasteiger partial charge in [0.15, 0.2) is 0 Å². The summed E-state index contributed by atoms with van der Waals surface area (Å²) in [5.74, 6) is -0.209. The summed E-state index contributed by atoms with van der Waals surface area (Å²) in [5.41, 5.74) is 3.16. The summed E-state index contributed by atoms with van der Waals surface area (Å²) in [5, 5.41) is 8.28. The SMILES string of the molecule is ONCCCc1ccc(F)cc1.